The van der Waals surface area contributed by atoms with Gasteiger partial charge in [0.1, 0.15) is 0 Å². The molecule has 0 aliphatic carbocycles. The molecular weight excluding hydrogens is 270 g/mol. The van der Waals surface area contributed by atoms with Gasteiger partial charge in [-0.2, -0.15) is 0 Å². The minimum absolute atomic E-state index is 0.262. The summed E-state index contributed by atoms with van der Waals surface area (Å²) in [6.45, 7) is 1.69. The number of hydrogen-bond donors (Lipinski definition) is 2. The van der Waals surface area contributed by atoms with E-state index >= 15 is 0 Å². The van der Waals surface area contributed by atoms with Crippen LogP contribution in [0.4, 0.5) is 0 Å². The minimum atomic E-state index is -0.716. The smallest absolute Gasteiger partial charge is 0.303 e. The van der Waals surface area contributed by atoms with Crippen LogP contribution in [0.15, 0.2) is 28.7 Å². The van der Waals surface area contributed by atoms with Gasteiger partial charge in [-0.1, -0.05) is 28.1 Å². The van der Waals surface area contributed by atoms with Crippen molar-refractivity contribution in [3.05, 3.63) is 34.3 Å². The molecule has 0 spiro atoms. The lowest BCUT2D eigenvalue weighted by Crippen LogP contribution is -2.14. The molecule has 0 radical (unpaired) electrons. The maximum atomic E-state index is 10.3. The van der Waals surface area contributed by atoms with Gasteiger partial charge in [-0.3, -0.25) is 4.79 Å². The minimum Gasteiger partial charge on any atom is -0.481 e. The van der Waals surface area contributed by atoms with Gasteiger partial charge in [0.15, 0.2) is 0 Å². The van der Waals surface area contributed by atoms with E-state index < -0.39 is 5.97 Å². The maximum absolute atomic E-state index is 10.3. The Balaban J connectivity index is 2.09. The fraction of sp³-hybridized carbons (Fsp3) is 0.417. The van der Waals surface area contributed by atoms with Crippen molar-refractivity contribution < 1.29 is 9.90 Å². The largest absolute Gasteiger partial charge is 0.481 e. The molecule has 0 heterocycles. The molecule has 0 atom stereocenters. The van der Waals surface area contributed by atoms with Gasteiger partial charge in [0, 0.05) is 17.4 Å². The van der Waals surface area contributed by atoms with Gasteiger partial charge in [0.05, 0.1) is 0 Å². The van der Waals surface area contributed by atoms with Gasteiger partial charge in [0.25, 0.3) is 0 Å². The molecule has 0 amide bonds. The third kappa shape index (κ3) is 5.88. The second kappa shape index (κ2) is 7.41. The first-order chi connectivity index (χ1) is 7.68. The zero-order valence-electron chi connectivity index (χ0n) is 9.08. The molecule has 0 aliphatic heterocycles. The molecule has 0 unspecified atom stereocenters. The van der Waals surface area contributed by atoms with E-state index in [1.807, 2.05) is 12.1 Å². The molecule has 0 fully saturated rings. The van der Waals surface area contributed by atoms with Crippen molar-refractivity contribution >= 4 is 21.9 Å². The first kappa shape index (κ1) is 13.2. The Kier molecular flexibility index (Phi) is 6.11. The number of halogens is 1. The van der Waals surface area contributed by atoms with Crippen LogP contribution in [-0.2, 0) is 11.3 Å². The van der Waals surface area contributed by atoms with E-state index in [9.17, 15) is 4.79 Å². The first-order valence-corrected chi connectivity index (χ1v) is 6.15. The van der Waals surface area contributed by atoms with Crippen molar-refractivity contribution in [3.63, 3.8) is 0 Å². The molecule has 0 saturated carbocycles. The second-order valence-electron chi connectivity index (χ2n) is 3.66. The number of carbonyl (C=O) groups is 1. The predicted molar refractivity (Wildman–Crippen MR) is 67.3 cm³/mol. The Morgan fingerprint density at radius 1 is 1.38 bits per heavy atom. The Morgan fingerprint density at radius 2 is 2.19 bits per heavy atom. The fourth-order valence-corrected chi connectivity index (χ4v) is 1.85. The summed E-state index contributed by atoms with van der Waals surface area (Å²) in [5.41, 5.74) is 1.23. The van der Waals surface area contributed by atoms with Gasteiger partial charge in [-0.05, 0) is 37.1 Å². The molecule has 3 nitrogen and oxygen atoms in total. The van der Waals surface area contributed by atoms with E-state index in [0.717, 1.165) is 30.4 Å². The number of carboxylic acid groups (broad SMARTS) is 1. The monoisotopic (exact) mass is 285 g/mol. The standard InChI is InChI=1S/C12H16BrNO2/c13-11-5-3-4-10(8-11)9-14-7-2-1-6-12(15)16/h3-5,8,14H,1-2,6-7,9H2,(H,15,16). The average Bonchev–Trinajstić information content (AvgIpc) is 2.23. The normalized spacial score (nSPS) is 10.3. The zero-order chi connectivity index (χ0) is 11.8. The van der Waals surface area contributed by atoms with Crippen LogP contribution in [0.5, 0.6) is 0 Å². The van der Waals surface area contributed by atoms with E-state index in [4.69, 9.17) is 5.11 Å². The SMILES string of the molecule is O=C(O)CCCCNCc1cccc(Br)c1. The molecule has 0 aromatic heterocycles. The maximum Gasteiger partial charge on any atom is 0.303 e. The topological polar surface area (TPSA) is 49.3 Å². The van der Waals surface area contributed by atoms with Gasteiger partial charge in [0.2, 0.25) is 0 Å². The number of rotatable bonds is 7. The molecule has 0 bridgehead atoms. The van der Waals surface area contributed by atoms with Crippen LogP contribution in [0.25, 0.3) is 0 Å². The van der Waals surface area contributed by atoms with Gasteiger partial charge in [-0.15, -0.1) is 0 Å². The molecule has 16 heavy (non-hydrogen) atoms. The van der Waals surface area contributed by atoms with Crippen molar-refractivity contribution in [2.45, 2.75) is 25.8 Å². The van der Waals surface area contributed by atoms with E-state index in [0.29, 0.717) is 0 Å². The summed E-state index contributed by atoms with van der Waals surface area (Å²) in [6, 6.07) is 8.14. The third-order valence-electron chi connectivity index (χ3n) is 2.21. The van der Waals surface area contributed by atoms with Gasteiger partial charge in [-0.25, -0.2) is 0 Å². The van der Waals surface area contributed by atoms with Crippen LogP contribution in [0.3, 0.4) is 0 Å². The molecule has 0 saturated heterocycles. The first-order valence-electron chi connectivity index (χ1n) is 5.35. The number of unbranched alkanes of at least 4 members (excludes halogenated alkanes) is 1. The molecular formula is C12H16BrNO2. The summed E-state index contributed by atoms with van der Waals surface area (Å²) in [5, 5.41) is 11.7. The highest BCUT2D eigenvalue weighted by Crippen LogP contribution is 2.11. The van der Waals surface area contributed by atoms with Gasteiger partial charge < -0.3 is 10.4 Å². The van der Waals surface area contributed by atoms with Gasteiger partial charge >= 0.3 is 5.97 Å². The summed E-state index contributed by atoms with van der Waals surface area (Å²) < 4.78 is 1.08. The molecule has 4 heteroatoms. The van der Waals surface area contributed by atoms with Crippen molar-refractivity contribution in [2.75, 3.05) is 6.54 Å². The average molecular weight is 286 g/mol. The summed E-state index contributed by atoms with van der Waals surface area (Å²) >= 11 is 3.42. The lowest BCUT2D eigenvalue weighted by atomic mass is 10.2. The van der Waals surface area contributed by atoms with E-state index in [1.54, 1.807) is 0 Å². The molecule has 1 aromatic carbocycles. The summed E-state index contributed by atoms with van der Waals surface area (Å²) in [7, 11) is 0. The number of hydrogen-bond acceptors (Lipinski definition) is 2. The highest BCUT2D eigenvalue weighted by Gasteiger charge is 1.96. The summed E-state index contributed by atoms with van der Waals surface area (Å²) in [4.78, 5) is 10.3. The molecule has 88 valence electrons. The predicted octanol–water partition coefficient (Wildman–Crippen LogP) is 2.79. The van der Waals surface area contributed by atoms with Crippen LogP contribution in [0.2, 0.25) is 0 Å². The lowest BCUT2D eigenvalue weighted by Gasteiger charge is -2.04. The number of carboxylic acids is 1. The Morgan fingerprint density at radius 3 is 2.88 bits per heavy atom. The highest BCUT2D eigenvalue weighted by molar-refractivity contribution is 9.10. The van der Waals surface area contributed by atoms with Crippen molar-refractivity contribution in [1.29, 1.82) is 0 Å². The Labute approximate surface area is 104 Å². The molecule has 1 aromatic rings. The lowest BCUT2D eigenvalue weighted by molar-refractivity contribution is -0.137. The van der Waals surface area contributed by atoms with E-state index in [1.165, 1.54) is 5.56 Å². The van der Waals surface area contributed by atoms with Crippen molar-refractivity contribution in [2.24, 2.45) is 0 Å². The number of nitrogens with one attached hydrogen (secondary N) is 1. The summed E-state index contributed by atoms with van der Waals surface area (Å²) in [6.07, 6.45) is 1.90. The third-order valence-corrected chi connectivity index (χ3v) is 2.71. The Hall–Kier alpha value is -0.870. The number of benzene rings is 1. The van der Waals surface area contributed by atoms with Crippen LogP contribution >= 0.6 is 15.9 Å². The zero-order valence-corrected chi connectivity index (χ0v) is 10.7. The number of aliphatic carboxylic acids is 1. The van der Waals surface area contributed by atoms with Crippen LogP contribution in [0, 0.1) is 0 Å². The van der Waals surface area contributed by atoms with Crippen LogP contribution in [-0.4, -0.2) is 17.6 Å². The molecule has 2 N–H and O–H groups in total. The highest BCUT2D eigenvalue weighted by atomic mass is 79.9. The van der Waals surface area contributed by atoms with E-state index in [-0.39, 0.29) is 6.42 Å². The van der Waals surface area contributed by atoms with Crippen LogP contribution < -0.4 is 5.32 Å². The molecule has 1 rings (SSSR count). The summed E-state index contributed by atoms with van der Waals surface area (Å²) in [5.74, 6) is -0.716. The molecule has 0 aliphatic rings. The second-order valence-corrected chi connectivity index (χ2v) is 4.57. The quantitative estimate of drug-likeness (QED) is 0.758. The van der Waals surface area contributed by atoms with Crippen molar-refractivity contribution in [1.82, 2.24) is 5.32 Å². The fourth-order valence-electron chi connectivity index (χ4n) is 1.41. The Bertz CT molecular complexity index is 342. The van der Waals surface area contributed by atoms with Crippen molar-refractivity contribution in [3.8, 4) is 0 Å². The van der Waals surface area contributed by atoms with E-state index in [2.05, 4.69) is 33.4 Å². The van der Waals surface area contributed by atoms with Crippen LogP contribution in [0.1, 0.15) is 24.8 Å².